The zero-order valence-corrected chi connectivity index (χ0v) is 20.0. The Morgan fingerprint density at radius 1 is 1.19 bits per heavy atom. The molecule has 2 fully saturated rings. The highest BCUT2D eigenvalue weighted by atomic mass is 32.2. The molecular weight excluding hydrogens is 504 g/mol. The van der Waals surface area contributed by atoms with Gasteiger partial charge in [0.05, 0.1) is 34.6 Å². The molecule has 1 saturated carbocycles. The Hall–Kier alpha value is -3.00. The summed E-state index contributed by atoms with van der Waals surface area (Å²) in [6.45, 7) is 1.44. The number of β-amino-alcohol motifs (C(OH)–C–C–N with tert-alkyl or cyclic N) is 1. The number of aliphatic hydroxyl groups is 1. The van der Waals surface area contributed by atoms with Crippen LogP contribution in [0.3, 0.4) is 0 Å². The van der Waals surface area contributed by atoms with Crippen molar-refractivity contribution >= 4 is 32.6 Å². The summed E-state index contributed by atoms with van der Waals surface area (Å²) in [5.74, 6) is 0.437. The molecule has 3 heterocycles. The number of rotatable bonds is 6. The molecule has 5 rings (SSSR count). The van der Waals surface area contributed by atoms with Gasteiger partial charge in [-0.2, -0.15) is 28.2 Å². The molecule has 0 unspecified atom stereocenters. The fraction of sp³-hybridized carbons (Fsp3) is 0.500. The molecule has 2 aliphatic rings. The molecular formula is C22H24F4N6O3S. The Kier molecular flexibility index (Phi) is 6.06. The van der Waals surface area contributed by atoms with Crippen LogP contribution in [0, 0.1) is 0 Å². The van der Waals surface area contributed by atoms with Crippen molar-refractivity contribution in [1.29, 1.82) is 0 Å². The van der Waals surface area contributed by atoms with E-state index in [1.807, 2.05) is 0 Å². The number of hydrogen-bond donors (Lipinski definition) is 2. The largest absolute Gasteiger partial charge is 0.416 e. The first-order chi connectivity index (χ1) is 17.0. The van der Waals surface area contributed by atoms with Gasteiger partial charge < -0.3 is 15.3 Å². The molecule has 36 heavy (non-hydrogen) atoms. The van der Waals surface area contributed by atoms with Crippen molar-refractivity contribution in [1.82, 2.24) is 19.7 Å². The van der Waals surface area contributed by atoms with Gasteiger partial charge in [0.1, 0.15) is 18.1 Å². The maximum atomic E-state index is 14.1. The van der Waals surface area contributed by atoms with Gasteiger partial charge in [-0.15, -0.1) is 0 Å². The lowest BCUT2D eigenvalue weighted by Crippen LogP contribution is -2.44. The van der Waals surface area contributed by atoms with Crippen LogP contribution in [-0.4, -0.2) is 75.7 Å². The number of nitrogens with one attached hydrogen (secondary N) is 1. The zero-order valence-electron chi connectivity index (χ0n) is 19.2. The molecule has 0 amide bonds. The van der Waals surface area contributed by atoms with Gasteiger partial charge in [-0.1, -0.05) is 13.0 Å². The van der Waals surface area contributed by atoms with E-state index in [9.17, 15) is 31.1 Å². The Morgan fingerprint density at radius 3 is 2.58 bits per heavy atom. The molecule has 0 spiro atoms. The Labute approximate surface area is 204 Å². The van der Waals surface area contributed by atoms with E-state index in [-0.39, 0.29) is 48.0 Å². The number of benzene rings is 1. The third kappa shape index (κ3) is 4.47. The first-order valence-corrected chi connectivity index (χ1v) is 13.2. The fourth-order valence-electron chi connectivity index (χ4n) is 4.52. The van der Waals surface area contributed by atoms with Crippen molar-refractivity contribution < 1.29 is 31.1 Å². The van der Waals surface area contributed by atoms with Crippen molar-refractivity contribution in [2.75, 3.05) is 29.1 Å². The summed E-state index contributed by atoms with van der Waals surface area (Å²) < 4.78 is 79.4. The van der Waals surface area contributed by atoms with Gasteiger partial charge in [-0.25, -0.2) is 17.5 Å². The SMILES string of the molecule is CCS(=O)(=O)[C@H]1C[C@H](Nc2nc(N3C[C@@H](O)[C@H](F)C3)c3cnn(-c4cccc(C(F)(F)F)c4)c3n2)C1. The Balaban J connectivity index is 1.53. The van der Waals surface area contributed by atoms with Crippen LogP contribution in [0.2, 0.25) is 0 Å². The lowest BCUT2D eigenvalue weighted by molar-refractivity contribution is -0.137. The van der Waals surface area contributed by atoms with Gasteiger partial charge in [0.25, 0.3) is 0 Å². The molecule has 1 saturated heterocycles. The summed E-state index contributed by atoms with van der Waals surface area (Å²) in [5, 5.41) is 17.2. The van der Waals surface area contributed by atoms with E-state index in [1.165, 1.54) is 27.9 Å². The van der Waals surface area contributed by atoms with E-state index in [0.29, 0.717) is 18.2 Å². The molecule has 0 radical (unpaired) electrons. The monoisotopic (exact) mass is 528 g/mol. The first kappa shape index (κ1) is 24.7. The normalized spacial score (nSPS) is 24.8. The van der Waals surface area contributed by atoms with Crippen molar-refractivity contribution in [3.8, 4) is 5.69 Å². The Bertz CT molecular complexity index is 1380. The van der Waals surface area contributed by atoms with E-state index in [2.05, 4.69) is 20.4 Å². The highest BCUT2D eigenvalue weighted by Gasteiger charge is 2.39. The summed E-state index contributed by atoms with van der Waals surface area (Å²) in [6.07, 6.45) is -5.12. The van der Waals surface area contributed by atoms with Gasteiger partial charge in [0, 0.05) is 18.3 Å². The number of halogens is 4. The molecule has 1 aromatic carbocycles. The number of aliphatic hydroxyl groups excluding tert-OH is 1. The summed E-state index contributed by atoms with van der Waals surface area (Å²) >= 11 is 0. The zero-order chi connectivity index (χ0) is 25.8. The van der Waals surface area contributed by atoms with Crippen molar-refractivity contribution in [3.63, 3.8) is 0 Å². The van der Waals surface area contributed by atoms with Crippen molar-refractivity contribution in [2.45, 2.75) is 49.5 Å². The standard InChI is InChI=1S/C22H24F4N6O3S/c1-2-36(34,35)15-7-13(8-15)28-21-29-19(31-10-17(23)18(33)11-31)16-9-27-32(20(16)30-21)14-5-3-4-12(6-14)22(24,25)26/h3-6,9,13,15,17-18,33H,2,7-8,10-11H2,1H3,(H,28,29,30)/t13-,15-,17-,18-/m1/s1. The van der Waals surface area contributed by atoms with Crippen LogP contribution >= 0.6 is 0 Å². The minimum absolute atomic E-state index is 0.0261. The van der Waals surface area contributed by atoms with E-state index < -0.39 is 39.1 Å². The second-order valence-corrected chi connectivity index (χ2v) is 11.7. The summed E-state index contributed by atoms with van der Waals surface area (Å²) in [5.41, 5.74) is -0.537. The number of sulfone groups is 1. The van der Waals surface area contributed by atoms with Crippen LogP contribution < -0.4 is 10.2 Å². The molecule has 0 bridgehead atoms. The predicted molar refractivity (Wildman–Crippen MR) is 125 cm³/mol. The maximum Gasteiger partial charge on any atom is 0.416 e. The smallest absolute Gasteiger partial charge is 0.388 e. The van der Waals surface area contributed by atoms with E-state index in [4.69, 9.17) is 0 Å². The quantitative estimate of drug-likeness (QED) is 0.470. The molecule has 9 nitrogen and oxygen atoms in total. The maximum absolute atomic E-state index is 14.1. The van der Waals surface area contributed by atoms with Crippen LogP contribution in [0.15, 0.2) is 30.5 Å². The minimum Gasteiger partial charge on any atom is -0.388 e. The number of hydrogen-bond acceptors (Lipinski definition) is 8. The number of anilines is 2. The molecule has 2 aromatic heterocycles. The van der Waals surface area contributed by atoms with Gasteiger partial charge in [0.2, 0.25) is 5.95 Å². The number of fused-ring (bicyclic) bond motifs is 1. The topological polar surface area (TPSA) is 113 Å². The van der Waals surface area contributed by atoms with Crippen LogP contribution in [-0.2, 0) is 16.0 Å². The lowest BCUT2D eigenvalue weighted by Gasteiger charge is -2.35. The second-order valence-electron chi connectivity index (χ2n) is 9.09. The van der Waals surface area contributed by atoms with Crippen LogP contribution in [0.25, 0.3) is 16.7 Å². The second kappa shape index (κ2) is 8.83. The highest BCUT2D eigenvalue weighted by Crippen LogP contribution is 2.34. The first-order valence-electron chi connectivity index (χ1n) is 11.4. The fourth-order valence-corrected chi connectivity index (χ4v) is 6.04. The molecule has 2 atom stereocenters. The minimum atomic E-state index is -4.55. The van der Waals surface area contributed by atoms with Crippen LogP contribution in [0.5, 0.6) is 0 Å². The van der Waals surface area contributed by atoms with E-state index in [0.717, 1.165) is 12.1 Å². The number of aromatic nitrogens is 4. The van der Waals surface area contributed by atoms with Gasteiger partial charge in [-0.3, -0.25) is 0 Å². The number of alkyl halides is 4. The number of nitrogens with zero attached hydrogens (tertiary/aromatic N) is 5. The molecule has 1 aliphatic heterocycles. The van der Waals surface area contributed by atoms with Gasteiger partial charge >= 0.3 is 6.18 Å². The van der Waals surface area contributed by atoms with E-state index >= 15 is 0 Å². The molecule has 14 heteroatoms. The third-order valence-corrected chi connectivity index (χ3v) is 8.89. The third-order valence-electron chi connectivity index (χ3n) is 6.68. The predicted octanol–water partition coefficient (Wildman–Crippen LogP) is 2.73. The van der Waals surface area contributed by atoms with Crippen molar-refractivity contribution in [2.24, 2.45) is 0 Å². The van der Waals surface area contributed by atoms with Crippen LogP contribution in [0.4, 0.5) is 29.3 Å². The van der Waals surface area contributed by atoms with Gasteiger partial charge in [-0.05, 0) is 31.0 Å². The Morgan fingerprint density at radius 2 is 1.94 bits per heavy atom. The molecule has 194 valence electrons. The molecule has 1 aliphatic carbocycles. The summed E-state index contributed by atoms with van der Waals surface area (Å²) in [4.78, 5) is 10.5. The average Bonchev–Trinajstić information content (AvgIpc) is 3.37. The van der Waals surface area contributed by atoms with Gasteiger partial charge in [0.15, 0.2) is 15.5 Å². The summed E-state index contributed by atoms with van der Waals surface area (Å²) in [6, 6.07) is 4.40. The average molecular weight is 529 g/mol. The lowest BCUT2D eigenvalue weighted by atomic mass is 9.92. The van der Waals surface area contributed by atoms with Crippen LogP contribution in [0.1, 0.15) is 25.3 Å². The summed E-state index contributed by atoms with van der Waals surface area (Å²) in [7, 11) is -3.17. The van der Waals surface area contributed by atoms with Crippen molar-refractivity contribution in [3.05, 3.63) is 36.0 Å². The molecule has 2 N–H and O–H groups in total. The van der Waals surface area contributed by atoms with E-state index in [1.54, 1.807) is 6.92 Å². The highest BCUT2D eigenvalue weighted by molar-refractivity contribution is 7.92. The molecule has 3 aromatic rings.